The third-order valence-corrected chi connectivity index (χ3v) is 4.01. The minimum atomic E-state index is -0.541. The summed E-state index contributed by atoms with van der Waals surface area (Å²) in [4.78, 5) is 35.7. The van der Waals surface area contributed by atoms with Crippen molar-refractivity contribution in [2.45, 2.75) is 0 Å². The lowest BCUT2D eigenvalue weighted by atomic mass is 10.1. The van der Waals surface area contributed by atoms with Gasteiger partial charge in [0.25, 0.3) is 16.8 Å². The Morgan fingerprint density at radius 1 is 1.35 bits per heavy atom. The summed E-state index contributed by atoms with van der Waals surface area (Å²) in [7, 11) is 2.89. The van der Waals surface area contributed by atoms with Crippen LogP contribution in [0, 0.1) is 10.1 Å². The van der Waals surface area contributed by atoms with Gasteiger partial charge < -0.3 is 9.47 Å². The number of amides is 2. The zero-order valence-corrected chi connectivity index (χ0v) is 13.3. The number of benzene rings is 1. The highest BCUT2D eigenvalue weighted by molar-refractivity contribution is 8.18. The SMILES string of the molecule is COCCN1C(=O)S/C(=C/c2cc([N+](=O)[O-])ccc2OC)C1=O. The Labute approximate surface area is 136 Å². The van der Waals surface area contributed by atoms with Crippen molar-refractivity contribution in [3.8, 4) is 5.75 Å². The molecule has 0 unspecified atom stereocenters. The molecule has 0 N–H and O–H groups in total. The van der Waals surface area contributed by atoms with Crippen LogP contribution in [0.3, 0.4) is 0 Å². The average Bonchev–Trinajstić information content (AvgIpc) is 2.79. The smallest absolute Gasteiger partial charge is 0.293 e. The predicted molar refractivity (Wildman–Crippen MR) is 84.2 cm³/mol. The van der Waals surface area contributed by atoms with Gasteiger partial charge >= 0.3 is 0 Å². The van der Waals surface area contributed by atoms with Crippen LogP contribution in [0.4, 0.5) is 10.5 Å². The predicted octanol–water partition coefficient (Wildman–Crippen LogP) is 2.29. The van der Waals surface area contributed by atoms with Crippen molar-refractivity contribution in [1.29, 1.82) is 0 Å². The van der Waals surface area contributed by atoms with Crippen LogP contribution < -0.4 is 4.74 Å². The van der Waals surface area contributed by atoms with E-state index < -0.39 is 16.1 Å². The first kappa shape index (κ1) is 17.0. The van der Waals surface area contributed by atoms with E-state index in [9.17, 15) is 19.7 Å². The Morgan fingerprint density at radius 2 is 2.09 bits per heavy atom. The molecule has 1 saturated heterocycles. The molecular weight excluding hydrogens is 324 g/mol. The van der Waals surface area contributed by atoms with Crippen molar-refractivity contribution in [2.24, 2.45) is 0 Å². The van der Waals surface area contributed by atoms with Crippen LogP contribution in [0.25, 0.3) is 6.08 Å². The molecule has 0 saturated carbocycles. The number of thioether (sulfide) groups is 1. The number of carbonyl (C=O) groups is 2. The van der Waals surface area contributed by atoms with Gasteiger partial charge in [-0.05, 0) is 23.9 Å². The molecule has 2 amide bonds. The fraction of sp³-hybridized carbons (Fsp3) is 0.286. The average molecular weight is 338 g/mol. The maximum Gasteiger partial charge on any atom is 0.293 e. The summed E-state index contributed by atoms with van der Waals surface area (Å²) in [5.74, 6) is -0.0788. The second-order valence-electron chi connectivity index (χ2n) is 4.51. The fourth-order valence-electron chi connectivity index (χ4n) is 1.96. The van der Waals surface area contributed by atoms with Crippen LogP contribution in [0.1, 0.15) is 5.56 Å². The van der Waals surface area contributed by atoms with Crippen molar-refractivity contribution in [3.63, 3.8) is 0 Å². The number of ether oxygens (including phenoxy) is 2. The lowest BCUT2D eigenvalue weighted by molar-refractivity contribution is -0.384. The lowest BCUT2D eigenvalue weighted by Crippen LogP contribution is -2.31. The molecule has 1 fully saturated rings. The third kappa shape index (κ3) is 3.69. The van der Waals surface area contributed by atoms with Crippen LogP contribution in [0.15, 0.2) is 23.1 Å². The van der Waals surface area contributed by atoms with Gasteiger partial charge in [0.15, 0.2) is 0 Å². The van der Waals surface area contributed by atoms with E-state index in [1.807, 2.05) is 0 Å². The first-order valence-corrected chi connectivity index (χ1v) is 7.36. The molecule has 0 aromatic heterocycles. The van der Waals surface area contributed by atoms with Crippen molar-refractivity contribution in [1.82, 2.24) is 4.90 Å². The molecule has 0 aliphatic carbocycles. The highest BCUT2D eigenvalue weighted by atomic mass is 32.2. The van der Waals surface area contributed by atoms with Crippen LogP contribution >= 0.6 is 11.8 Å². The van der Waals surface area contributed by atoms with Gasteiger partial charge in [-0.2, -0.15) is 0 Å². The van der Waals surface area contributed by atoms with Gasteiger partial charge in [-0.15, -0.1) is 0 Å². The van der Waals surface area contributed by atoms with E-state index in [2.05, 4.69) is 0 Å². The molecule has 0 bridgehead atoms. The molecule has 0 radical (unpaired) electrons. The third-order valence-electron chi connectivity index (χ3n) is 3.10. The van der Waals surface area contributed by atoms with Crippen LogP contribution in [0.5, 0.6) is 5.75 Å². The van der Waals surface area contributed by atoms with Gasteiger partial charge in [0.2, 0.25) is 0 Å². The summed E-state index contributed by atoms with van der Waals surface area (Å²) < 4.78 is 10.0. The molecule has 0 atom stereocenters. The summed E-state index contributed by atoms with van der Waals surface area (Å²) in [5.41, 5.74) is 0.231. The summed E-state index contributed by atoms with van der Waals surface area (Å²) >= 11 is 0.778. The summed E-state index contributed by atoms with van der Waals surface area (Å²) in [6, 6.07) is 4.04. The second kappa shape index (κ2) is 7.25. The molecule has 8 nitrogen and oxygen atoms in total. The molecule has 1 aliphatic rings. The Balaban J connectivity index is 2.34. The van der Waals surface area contributed by atoms with E-state index in [0.717, 1.165) is 16.7 Å². The highest BCUT2D eigenvalue weighted by Gasteiger charge is 2.34. The molecular formula is C14H14N2O6S. The fourth-order valence-corrected chi connectivity index (χ4v) is 2.82. The largest absolute Gasteiger partial charge is 0.496 e. The van der Waals surface area contributed by atoms with E-state index >= 15 is 0 Å². The number of rotatable bonds is 6. The normalized spacial score (nSPS) is 16.3. The Bertz CT molecular complexity index is 688. The lowest BCUT2D eigenvalue weighted by Gasteiger charge is -2.10. The maximum atomic E-state index is 12.2. The number of hydrogen-bond acceptors (Lipinski definition) is 7. The Hall–Kier alpha value is -2.39. The summed E-state index contributed by atoms with van der Waals surface area (Å²) in [6.07, 6.45) is 1.42. The first-order valence-electron chi connectivity index (χ1n) is 6.54. The number of imide groups is 1. The van der Waals surface area contributed by atoms with Gasteiger partial charge in [-0.1, -0.05) is 0 Å². The van der Waals surface area contributed by atoms with Crippen molar-refractivity contribution < 1.29 is 24.0 Å². The number of nitro benzene ring substituents is 1. The van der Waals surface area contributed by atoms with Gasteiger partial charge in [0, 0.05) is 24.8 Å². The van der Waals surface area contributed by atoms with Gasteiger partial charge in [-0.3, -0.25) is 24.6 Å². The molecule has 2 rings (SSSR count). The van der Waals surface area contributed by atoms with Gasteiger partial charge in [-0.25, -0.2) is 0 Å². The number of carbonyl (C=O) groups excluding carboxylic acids is 2. The minimum absolute atomic E-state index is 0.129. The topological polar surface area (TPSA) is 99.0 Å². The van der Waals surface area contributed by atoms with Crippen LogP contribution in [-0.4, -0.2) is 48.3 Å². The standard InChI is InChI=1S/C14H14N2O6S/c1-21-6-5-15-13(17)12(23-14(15)18)8-9-7-10(16(19)20)3-4-11(9)22-2/h3-4,7-8H,5-6H2,1-2H3/b12-8+. The monoisotopic (exact) mass is 338 g/mol. The first-order chi connectivity index (χ1) is 11.0. The Kier molecular flexibility index (Phi) is 5.35. The van der Waals surface area contributed by atoms with Crippen molar-refractivity contribution in [2.75, 3.05) is 27.4 Å². The molecule has 9 heteroatoms. The summed E-state index contributed by atoms with van der Waals surface area (Å²) in [6.45, 7) is 0.399. The number of nitrogens with zero attached hydrogens (tertiary/aromatic N) is 2. The zero-order chi connectivity index (χ0) is 17.0. The van der Waals surface area contributed by atoms with E-state index in [-0.39, 0.29) is 23.7 Å². The Morgan fingerprint density at radius 3 is 2.70 bits per heavy atom. The van der Waals surface area contributed by atoms with Crippen molar-refractivity contribution >= 4 is 34.7 Å². The van der Waals surface area contributed by atoms with E-state index in [0.29, 0.717) is 11.3 Å². The van der Waals surface area contributed by atoms with Crippen LogP contribution in [-0.2, 0) is 9.53 Å². The molecule has 23 heavy (non-hydrogen) atoms. The van der Waals surface area contributed by atoms with Crippen LogP contribution in [0.2, 0.25) is 0 Å². The number of nitro groups is 1. The number of hydrogen-bond donors (Lipinski definition) is 0. The molecule has 122 valence electrons. The minimum Gasteiger partial charge on any atom is -0.496 e. The number of methoxy groups -OCH3 is 2. The molecule has 0 spiro atoms. The van der Waals surface area contributed by atoms with Gasteiger partial charge in [0.05, 0.1) is 30.1 Å². The van der Waals surface area contributed by atoms with E-state index in [1.165, 1.54) is 38.5 Å². The highest BCUT2D eigenvalue weighted by Crippen LogP contribution is 2.34. The van der Waals surface area contributed by atoms with E-state index in [1.54, 1.807) is 0 Å². The molecule has 1 aliphatic heterocycles. The maximum absolute atomic E-state index is 12.2. The quantitative estimate of drug-likeness (QED) is 0.446. The molecule has 1 aromatic carbocycles. The zero-order valence-electron chi connectivity index (χ0n) is 12.5. The van der Waals surface area contributed by atoms with E-state index in [4.69, 9.17) is 9.47 Å². The number of non-ortho nitro benzene ring substituents is 1. The molecule has 1 heterocycles. The van der Waals surface area contributed by atoms with Gasteiger partial charge in [0.1, 0.15) is 5.75 Å². The summed E-state index contributed by atoms with van der Waals surface area (Å²) in [5, 5.41) is 10.5. The second-order valence-corrected chi connectivity index (χ2v) is 5.50. The molecule has 1 aromatic rings. The van der Waals surface area contributed by atoms with Crippen molar-refractivity contribution in [3.05, 3.63) is 38.8 Å².